The van der Waals surface area contributed by atoms with E-state index >= 15 is 0 Å². The van der Waals surface area contributed by atoms with Crippen molar-refractivity contribution in [1.82, 2.24) is 14.9 Å². The van der Waals surface area contributed by atoms with Gasteiger partial charge in [0.2, 0.25) is 5.88 Å². The molecule has 6 nitrogen and oxygen atoms in total. The van der Waals surface area contributed by atoms with Crippen LogP contribution in [0, 0.1) is 25.2 Å². The third kappa shape index (κ3) is 4.91. The SMILES string of the molecule is Cc1ccc(-c2cc(-c3ncccc3C)nc(OCCN3CCOCC3)c2C#N)cc1. The van der Waals surface area contributed by atoms with Crippen LogP contribution in [0.4, 0.5) is 0 Å². The first-order valence-electron chi connectivity index (χ1n) is 10.5. The summed E-state index contributed by atoms with van der Waals surface area (Å²) in [5.74, 6) is 0.355. The molecule has 158 valence electrons. The summed E-state index contributed by atoms with van der Waals surface area (Å²) < 4.78 is 11.5. The van der Waals surface area contributed by atoms with Crippen molar-refractivity contribution < 1.29 is 9.47 Å². The lowest BCUT2D eigenvalue weighted by atomic mass is 9.98. The number of morpholine rings is 1. The van der Waals surface area contributed by atoms with E-state index in [1.54, 1.807) is 6.20 Å². The standard InChI is InChI=1S/C25H26N4O2/c1-18-5-7-20(8-6-18)21-16-23(24-19(2)4-3-9-27-24)28-25(22(21)17-26)31-15-12-29-10-13-30-14-11-29/h3-9,16H,10-15H2,1-2H3. The minimum Gasteiger partial charge on any atom is -0.475 e. The number of benzene rings is 1. The van der Waals surface area contributed by atoms with Crippen LogP contribution in [0.3, 0.4) is 0 Å². The molecule has 1 aliphatic rings. The number of pyridine rings is 2. The van der Waals surface area contributed by atoms with Crippen molar-refractivity contribution >= 4 is 0 Å². The number of rotatable bonds is 6. The van der Waals surface area contributed by atoms with Crippen LogP contribution in [-0.2, 0) is 4.74 Å². The van der Waals surface area contributed by atoms with E-state index in [1.807, 2.05) is 56.3 Å². The minimum atomic E-state index is 0.355. The molecule has 1 saturated heterocycles. The summed E-state index contributed by atoms with van der Waals surface area (Å²) in [4.78, 5) is 11.5. The number of hydrogen-bond acceptors (Lipinski definition) is 6. The highest BCUT2D eigenvalue weighted by Gasteiger charge is 2.18. The van der Waals surface area contributed by atoms with Gasteiger partial charge in [-0.2, -0.15) is 5.26 Å². The molecular formula is C25H26N4O2. The first-order chi connectivity index (χ1) is 15.2. The first kappa shape index (κ1) is 21.0. The number of nitriles is 1. The Morgan fingerprint density at radius 1 is 1.13 bits per heavy atom. The lowest BCUT2D eigenvalue weighted by Crippen LogP contribution is -2.38. The van der Waals surface area contributed by atoms with Crippen molar-refractivity contribution in [2.24, 2.45) is 0 Å². The molecule has 2 aromatic heterocycles. The maximum Gasteiger partial charge on any atom is 0.232 e. The minimum absolute atomic E-state index is 0.355. The van der Waals surface area contributed by atoms with E-state index in [-0.39, 0.29) is 0 Å². The molecule has 0 bridgehead atoms. The second-order valence-electron chi connectivity index (χ2n) is 7.68. The number of ether oxygens (including phenoxy) is 2. The zero-order valence-corrected chi connectivity index (χ0v) is 18.0. The molecule has 3 aromatic rings. The van der Waals surface area contributed by atoms with Gasteiger partial charge in [-0.15, -0.1) is 0 Å². The topological polar surface area (TPSA) is 71.3 Å². The number of aryl methyl sites for hydroxylation is 2. The van der Waals surface area contributed by atoms with Crippen molar-refractivity contribution in [3.8, 4) is 34.5 Å². The molecule has 31 heavy (non-hydrogen) atoms. The van der Waals surface area contributed by atoms with Crippen LogP contribution in [0.1, 0.15) is 16.7 Å². The maximum absolute atomic E-state index is 9.97. The van der Waals surface area contributed by atoms with Gasteiger partial charge in [-0.3, -0.25) is 9.88 Å². The van der Waals surface area contributed by atoms with E-state index in [0.29, 0.717) is 23.7 Å². The molecule has 0 spiro atoms. The predicted octanol–water partition coefficient (Wildman–Crippen LogP) is 4.01. The van der Waals surface area contributed by atoms with E-state index < -0.39 is 0 Å². The number of hydrogen-bond donors (Lipinski definition) is 0. The summed E-state index contributed by atoms with van der Waals surface area (Å²) in [6.07, 6.45) is 1.76. The molecule has 1 fully saturated rings. The van der Waals surface area contributed by atoms with Gasteiger partial charge in [-0.1, -0.05) is 35.9 Å². The molecule has 0 N–H and O–H groups in total. The van der Waals surface area contributed by atoms with Gasteiger partial charge in [-0.05, 0) is 37.1 Å². The van der Waals surface area contributed by atoms with E-state index in [1.165, 1.54) is 5.56 Å². The molecule has 0 unspecified atom stereocenters. The predicted molar refractivity (Wildman–Crippen MR) is 120 cm³/mol. The Balaban J connectivity index is 1.72. The average Bonchev–Trinajstić information content (AvgIpc) is 2.80. The molecular weight excluding hydrogens is 388 g/mol. The number of aromatic nitrogens is 2. The van der Waals surface area contributed by atoms with Gasteiger partial charge in [0.25, 0.3) is 0 Å². The fourth-order valence-corrected chi connectivity index (χ4v) is 3.67. The van der Waals surface area contributed by atoms with Gasteiger partial charge in [-0.25, -0.2) is 4.98 Å². The summed E-state index contributed by atoms with van der Waals surface area (Å²) in [6.45, 7) is 8.55. The Hall–Kier alpha value is -3.27. The van der Waals surface area contributed by atoms with Crippen LogP contribution in [0.5, 0.6) is 5.88 Å². The fourth-order valence-electron chi connectivity index (χ4n) is 3.67. The molecule has 0 aliphatic carbocycles. The third-order valence-corrected chi connectivity index (χ3v) is 5.46. The molecule has 6 heteroatoms. The fraction of sp³-hybridized carbons (Fsp3) is 0.320. The highest BCUT2D eigenvalue weighted by atomic mass is 16.5. The Morgan fingerprint density at radius 2 is 1.90 bits per heavy atom. The zero-order chi connectivity index (χ0) is 21.6. The molecule has 3 heterocycles. The summed E-state index contributed by atoms with van der Waals surface area (Å²) in [6, 6.07) is 16.3. The normalized spacial score (nSPS) is 14.2. The largest absolute Gasteiger partial charge is 0.475 e. The van der Waals surface area contributed by atoms with Crippen molar-refractivity contribution in [1.29, 1.82) is 5.26 Å². The zero-order valence-electron chi connectivity index (χ0n) is 18.0. The van der Waals surface area contributed by atoms with Gasteiger partial charge in [0.1, 0.15) is 18.2 Å². The van der Waals surface area contributed by atoms with Gasteiger partial charge < -0.3 is 9.47 Å². The molecule has 0 atom stereocenters. The molecule has 4 rings (SSSR count). The Bertz CT molecular complexity index is 1080. The molecule has 1 aliphatic heterocycles. The van der Waals surface area contributed by atoms with E-state index in [2.05, 4.69) is 16.0 Å². The quantitative estimate of drug-likeness (QED) is 0.607. The molecule has 0 saturated carbocycles. The monoisotopic (exact) mass is 414 g/mol. The highest BCUT2D eigenvalue weighted by molar-refractivity contribution is 5.77. The van der Waals surface area contributed by atoms with Gasteiger partial charge in [0, 0.05) is 31.4 Å². The Labute approximate surface area is 183 Å². The molecule has 0 amide bonds. The summed E-state index contributed by atoms with van der Waals surface area (Å²) in [7, 11) is 0. The van der Waals surface area contributed by atoms with Gasteiger partial charge in [0.05, 0.1) is 24.6 Å². The van der Waals surface area contributed by atoms with E-state index in [9.17, 15) is 5.26 Å². The van der Waals surface area contributed by atoms with Crippen LogP contribution >= 0.6 is 0 Å². The van der Waals surface area contributed by atoms with Crippen molar-refractivity contribution in [3.05, 3.63) is 65.4 Å². The van der Waals surface area contributed by atoms with E-state index in [4.69, 9.17) is 14.5 Å². The van der Waals surface area contributed by atoms with Crippen molar-refractivity contribution in [3.63, 3.8) is 0 Å². The van der Waals surface area contributed by atoms with Crippen molar-refractivity contribution in [2.75, 3.05) is 39.5 Å². The third-order valence-electron chi connectivity index (χ3n) is 5.46. The Kier molecular flexibility index (Phi) is 6.56. The maximum atomic E-state index is 9.97. The first-order valence-corrected chi connectivity index (χ1v) is 10.5. The average molecular weight is 415 g/mol. The lowest BCUT2D eigenvalue weighted by Gasteiger charge is -2.26. The highest BCUT2D eigenvalue weighted by Crippen LogP contribution is 2.33. The summed E-state index contributed by atoms with van der Waals surface area (Å²) in [5, 5.41) is 9.97. The van der Waals surface area contributed by atoms with Crippen LogP contribution in [0.15, 0.2) is 48.7 Å². The van der Waals surface area contributed by atoms with Gasteiger partial charge >= 0.3 is 0 Å². The van der Waals surface area contributed by atoms with Crippen LogP contribution in [0.2, 0.25) is 0 Å². The summed E-state index contributed by atoms with van der Waals surface area (Å²) >= 11 is 0. The smallest absolute Gasteiger partial charge is 0.232 e. The van der Waals surface area contributed by atoms with Crippen LogP contribution < -0.4 is 4.74 Å². The van der Waals surface area contributed by atoms with Gasteiger partial charge in [0.15, 0.2) is 0 Å². The second kappa shape index (κ2) is 9.69. The lowest BCUT2D eigenvalue weighted by molar-refractivity contribution is 0.0320. The Morgan fingerprint density at radius 3 is 2.61 bits per heavy atom. The molecule has 0 radical (unpaired) electrons. The van der Waals surface area contributed by atoms with Crippen LogP contribution in [0.25, 0.3) is 22.5 Å². The molecule has 1 aromatic carbocycles. The van der Waals surface area contributed by atoms with Crippen molar-refractivity contribution in [2.45, 2.75) is 13.8 Å². The second-order valence-corrected chi connectivity index (χ2v) is 7.68. The summed E-state index contributed by atoms with van der Waals surface area (Å²) in [5.41, 5.74) is 5.89. The van der Waals surface area contributed by atoms with E-state index in [0.717, 1.165) is 55.2 Å². The number of nitrogens with zero attached hydrogens (tertiary/aromatic N) is 4. The van der Waals surface area contributed by atoms with Crippen LogP contribution in [-0.4, -0.2) is 54.3 Å².